The summed E-state index contributed by atoms with van der Waals surface area (Å²) in [6.45, 7) is 5.39. The minimum atomic E-state index is -0.860. The number of esters is 1. The number of carbonyl (C=O) groups excluding carboxylic acids is 3. The highest BCUT2D eigenvalue weighted by molar-refractivity contribution is 5.99. The van der Waals surface area contributed by atoms with Gasteiger partial charge >= 0.3 is 5.97 Å². The van der Waals surface area contributed by atoms with Crippen LogP contribution in [0.25, 0.3) is 0 Å². The number of carbonyl (C=O) groups is 3. The SMILES string of the molecule is CCCCOC(=O)CC1C(=O)NCCN1C(=O)c1cccc(OCC)c1. The molecule has 142 valence electrons. The summed E-state index contributed by atoms with van der Waals surface area (Å²) in [5.74, 6) is -0.512. The Balaban J connectivity index is 2.10. The number of rotatable bonds is 8. The highest BCUT2D eigenvalue weighted by Crippen LogP contribution is 2.18. The molecule has 1 aromatic rings. The number of amides is 2. The third-order valence-corrected chi connectivity index (χ3v) is 4.10. The van der Waals surface area contributed by atoms with Gasteiger partial charge < -0.3 is 19.7 Å². The van der Waals surface area contributed by atoms with Gasteiger partial charge in [-0.05, 0) is 31.5 Å². The van der Waals surface area contributed by atoms with Crippen molar-refractivity contribution in [2.45, 2.75) is 39.2 Å². The lowest BCUT2D eigenvalue weighted by Crippen LogP contribution is -2.57. The Morgan fingerprint density at radius 3 is 2.85 bits per heavy atom. The van der Waals surface area contributed by atoms with Gasteiger partial charge in [0.15, 0.2) is 0 Å². The molecule has 0 radical (unpaired) electrons. The summed E-state index contributed by atoms with van der Waals surface area (Å²) < 4.78 is 10.6. The monoisotopic (exact) mass is 362 g/mol. The third-order valence-electron chi connectivity index (χ3n) is 4.10. The molecule has 0 bridgehead atoms. The number of piperazine rings is 1. The molecule has 1 aliphatic rings. The molecule has 7 nitrogen and oxygen atoms in total. The van der Waals surface area contributed by atoms with E-state index >= 15 is 0 Å². The lowest BCUT2D eigenvalue weighted by Gasteiger charge is -2.34. The molecule has 1 unspecified atom stereocenters. The van der Waals surface area contributed by atoms with Crippen molar-refractivity contribution < 1.29 is 23.9 Å². The van der Waals surface area contributed by atoms with Crippen molar-refractivity contribution in [3.05, 3.63) is 29.8 Å². The van der Waals surface area contributed by atoms with Gasteiger partial charge in [-0.25, -0.2) is 0 Å². The van der Waals surface area contributed by atoms with E-state index in [0.717, 1.165) is 12.8 Å². The van der Waals surface area contributed by atoms with E-state index in [1.165, 1.54) is 4.90 Å². The quantitative estimate of drug-likeness (QED) is 0.563. The number of unbranched alkanes of at least 4 members (excludes halogenated alkanes) is 1. The molecule has 26 heavy (non-hydrogen) atoms. The van der Waals surface area contributed by atoms with Crippen LogP contribution in [0.2, 0.25) is 0 Å². The molecule has 0 spiro atoms. The van der Waals surface area contributed by atoms with Crippen LogP contribution in [0, 0.1) is 0 Å². The normalized spacial score (nSPS) is 16.8. The van der Waals surface area contributed by atoms with Crippen molar-refractivity contribution in [2.24, 2.45) is 0 Å². The Morgan fingerprint density at radius 1 is 1.31 bits per heavy atom. The van der Waals surface area contributed by atoms with Gasteiger partial charge in [-0.2, -0.15) is 0 Å². The summed E-state index contributed by atoms with van der Waals surface area (Å²) in [7, 11) is 0. The van der Waals surface area contributed by atoms with Crippen LogP contribution in [0.4, 0.5) is 0 Å². The van der Waals surface area contributed by atoms with Crippen LogP contribution in [0.1, 0.15) is 43.5 Å². The fourth-order valence-corrected chi connectivity index (χ4v) is 2.76. The first-order valence-corrected chi connectivity index (χ1v) is 9.04. The minimum Gasteiger partial charge on any atom is -0.494 e. The third kappa shape index (κ3) is 5.21. The lowest BCUT2D eigenvalue weighted by atomic mass is 10.1. The Hall–Kier alpha value is -2.57. The maximum absolute atomic E-state index is 12.9. The van der Waals surface area contributed by atoms with E-state index in [2.05, 4.69) is 5.32 Å². The van der Waals surface area contributed by atoms with Gasteiger partial charge in [0.25, 0.3) is 5.91 Å². The Labute approximate surface area is 153 Å². The van der Waals surface area contributed by atoms with E-state index in [0.29, 0.717) is 37.6 Å². The zero-order valence-electron chi connectivity index (χ0n) is 15.3. The average Bonchev–Trinajstić information content (AvgIpc) is 2.63. The van der Waals surface area contributed by atoms with Crippen LogP contribution >= 0.6 is 0 Å². The molecule has 7 heteroatoms. The molecule has 2 amide bonds. The van der Waals surface area contributed by atoms with Gasteiger partial charge in [0, 0.05) is 18.7 Å². The summed E-state index contributed by atoms with van der Waals surface area (Å²) in [6.07, 6.45) is 1.54. The fourth-order valence-electron chi connectivity index (χ4n) is 2.76. The summed E-state index contributed by atoms with van der Waals surface area (Å²) >= 11 is 0. The van der Waals surface area contributed by atoms with E-state index in [1.807, 2.05) is 13.8 Å². The maximum atomic E-state index is 12.9. The van der Waals surface area contributed by atoms with E-state index in [-0.39, 0.29) is 18.2 Å². The Morgan fingerprint density at radius 2 is 2.12 bits per heavy atom. The smallest absolute Gasteiger partial charge is 0.308 e. The molecular weight excluding hydrogens is 336 g/mol. The molecule has 0 aromatic heterocycles. The topological polar surface area (TPSA) is 84.9 Å². The van der Waals surface area contributed by atoms with Gasteiger partial charge in [0.2, 0.25) is 5.91 Å². The molecule has 1 fully saturated rings. The van der Waals surface area contributed by atoms with Gasteiger partial charge in [-0.1, -0.05) is 19.4 Å². The predicted octanol–water partition coefficient (Wildman–Crippen LogP) is 1.76. The molecule has 1 N–H and O–H groups in total. The second kappa shape index (κ2) is 9.79. The lowest BCUT2D eigenvalue weighted by molar-refractivity contribution is -0.147. The largest absolute Gasteiger partial charge is 0.494 e. The van der Waals surface area contributed by atoms with Crippen LogP contribution in [-0.4, -0.2) is 55.0 Å². The zero-order chi connectivity index (χ0) is 18.9. The molecule has 2 rings (SSSR count). The van der Waals surface area contributed by atoms with Crippen LogP contribution in [0.5, 0.6) is 5.75 Å². The number of ether oxygens (including phenoxy) is 2. The number of hydrogen-bond acceptors (Lipinski definition) is 5. The summed E-state index contributed by atoms with van der Waals surface area (Å²) in [6, 6.07) is 5.96. The second-order valence-electron chi connectivity index (χ2n) is 6.04. The molecule has 1 saturated heterocycles. The Bertz CT molecular complexity index is 647. The summed E-state index contributed by atoms with van der Waals surface area (Å²) in [5, 5.41) is 2.71. The number of nitrogens with zero attached hydrogens (tertiary/aromatic N) is 1. The second-order valence-corrected chi connectivity index (χ2v) is 6.04. The molecule has 1 atom stereocenters. The van der Waals surface area contributed by atoms with Crippen LogP contribution in [0.15, 0.2) is 24.3 Å². The maximum Gasteiger partial charge on any atom is 0.308 e. The summed E-state index contributed by atoms with van der Waals surface area (Å²) in [4.78, 5) is 38.6. The van der Waals surface area contributed by atoms with Crippen molar-refractivity contribution in [1.82, 2.24) is 10.2 Å². The van der Waals surface area contributed by atoms with Crippen LogP contribution in [0.3, 0.4) is 0 Å². The molecule has 0 aliphatic carbocycles. The number of nitrogens with one attached hydrogen (secondary N) is 1. The predicted molar refractivity (Wildman–Crippen MR) is 95.9 cm³/mol. The van der Waals surface area contributed by atoms with Crippen molar-refractivity contribution in [2.75, 3.05) is 26.3 Å². The van der Waals surface area contributed by atoms with Crippen molar-refractivity contribution >= 4 is 17.8 Å². The van der Waals surface area contributed by atoms with Crippen molar-refractivity contribution in [3.8, 4) is 5.75 Å². The molecular formula is C19H26N2O5. The molecule has 1 heterocycles. The van der Waals surface area contributed by atoms with Crippen LogP contribution < -0.4 is 10.1 Å². The van der Waals surface area contributed by atoms with E-state index in [1.54, 1.807) is 24.3 Å². The highest BCUT2D eigenvalue weighted by Gasteiger charge is 2.35. The molecule has 1 aliphatic heterocycles. The van der Waals surface area contributed by atoms with Crippen molar-refractivity contribution in [3.63, 3.8) is 0 Å². The first kappa shape index (κ1) is 19.8. The van der Waals surface area contributed by atoms with Gasteiger partial charge in [-0.3, -0.25) is 14.4 Å². The van der Waals surface area contributed by atoms with Crippen molar-refractivity contribution in [1.29, 1.82) is 0 Å². The highest BCUT2D eigenvalue weighted by atomic mass is 16.5. The number of benzene rings is 1. The molecule has 1 aromatic carbocycles. The van der Waals surface area contributed by atoms with E-state index in [4.69, 9.17) is 9.47 Å². The molecule has 0 saturated carbocycles. The Kier molecular flexibility index (Phi) is 7.44. The summed E-state index contributed by atoms with van der Waals surface area (Å²) in [5.41, 5.74) is 0.426. The fraction of sp³-hybridized carbons (Fsp3) is 0.526. The van der Waals surface area contributed by atoms with Gasteiger partial charge in [0.05, 0.1) is 19.6 Å². The number of hydrogen-bond donors (Lipinski definition) is 1. The first-order chi connectivity index (χ1) is 12.6. The zero-order valence-corrected chi connectivity index (χ0v) is 15.3. The van der Waals surface area contributed by atoms with Gasteiger partial charge in [-0.15, -0.1) is 0 Å². The van der Waals surface area contributed by atoms with Crippen LogP contribution in [-0.2, 0) is 14.3 Å². The average molecular weight is 362 g/mol. The minimum absolute atomic E-state index is 0.146. The van der Waals surface area contributed by atoms with E-state index < -0.39 is 12.0 Å². The first-order valence-electron chi connectivity index (χ1n) is 9.04. The van der Waals surface area contributed by atoms with E-state index in [9.17, 15) is 14.4 Å². The van der Waals surface area contributed by atoms with Gasteiger partial charge in [0.1, 0.15) is 11.8 Å². The standard InChI is InChI=1S/C19H26N2O5/c1-3-5-11-26-17(22)13-16-18(23)20-9-10-21(16)19(24)14-7-6-8-15(12-14)25-4-2/h6-8,12,16H,3-5,9-11,13H2,1-2H3,(H,20,23).